The van der Waals surface area contributed by atoms with Crippen molar-refractivity contribution in [2.75, 3.05) is 0 Å². The van der Waals surface area contributed by atoms with Crippen molar-refractivity contribution in [1.82, 2.24) is 0 Å². The van der Waals surface area contributed by atoms with Crippen LogP contribution in [0, 0.1) is 5.92 Å². The third kappa shape index (κ3) is 2.19. The van der Waals surface area contributed by atoms with E-state index in [9.17, 15) is 9.90 Å². The fraction of sp³-hybridized carbons (Fsp3) is 0.318. The van der Waals surface area contributed by atoms with Gasteiger partial charge in [-0.2, -0.15) is 0 Å². The monoisotopic (exact) mass is 350 g/mol. The van der Waals surface area contributed by atoms with E-state index in [0.29, 0.717) is 11.1 Å². The molecule has 134 valence electrons. The predicted octanol–water partition coefficient (Wildman–Crippen LogP) is 3.66. The van der Waals surface area contributed by atoms with Crippen LogP contribution in [0.25, 0.3) is 5.57 Å². The van der Waals surface area contributed by atoms with E-state index in [1.807, 2.05) is 74.5 Å². The van der Waals surface area contributed by atoms with Crippen LogP contribution in [0.2, 0.25) is 0 Å². The molecule has 2 heterocycles. The van der Waals surface area contributed by atoms with Crippen LogP contribution in [0.4, 0.5) is 0 Å². The molecule has 4 atom stereocenters. The van der Waals surface area contributed by atoms with Crippen LogP contribution in [-0.2, 0) is 19.9 Å². The maximum atomic E-state index is 12.8. The van der Waals surface area contributed by atoms with Crippen LogP contribution in [0.5, 0.6) is 0 Å². The van der Waals surface area contributed by atoms with Gasteiger partial charge in [-0.15, -0.1) is 0 Å². The van der Waals surface area contributed by atoms with Crippen molar-refractivity contribution in [3.05, 3.63) is 77.4 Å². The minimum absolute atomic E-state index is 0.168. The van der Waals surface area contributed by atoms with E-state index in [-0.39, 0.29) is 12.0 Å². The molecule has 4 heteroatoms. The molecule has 0 bridgehead atoms. The second-order valence-corrected chi connectivity index (χ2v) is 7.20. The first-order valence-electron chi connectivity index (χ1n) is 8.87. The van der Waals surface area contributed by atoms with Gasteiger partial charge in [-0.05, 0) is 25.0 Å². The lowest BCUT2D eigenvalue weighted by atomic mass is 9.72. The molecule has 4 nitrogen and oxygen atoms in total. The van der Waals surface area contributed by atoms with Gasteiger partial charge in [-0.3, -0.25) is 0 Å². The number of benzene rings is 2. The summed E-state index contributed by atoms with van der Waals surface area (Å²) in [6.45, 7) is 5.70. The number of carbonyl (C=O) groups is 1. The molecule has 0 amide bonds. The summed E-state index contributed by atoms with van der Waals surface area (Å²) in [6.07, 6.45) is -0.191. The first-order chi connectivity index (χ1) is 12.4. The number of rotatable bonds is 2. The van der Waals surface area contributed by atoms with E-state index in [1.165, 1.54) is 0 Å². The van der Waals surface area contributed by atoms with E-state index < -0.39 is 17.4 Å². The topological polar surface area (TPSA) is 55.8 Å². The standard InChI is InChI=1S/C22H22O4/c1-14-15(2)25-21(3,17-12-8-5-9-13-17)22(24)19(14)18(20(23)26-22)16-10-6-4-7-11-16/h4-15,24H,1-3H3/t14-,15-,21+,22+/m0/s1. The Kier molecular flexibility index (Phi) is 3.79. The van der Waals surface area contributed by atoms with E-state index in [1.54, 1.807) is 6.92 Å². The van der Waals surface area contributed by atoms with Crippen molar-refractivity contribution < 1.29 is 19.4 Å². The lowest BCUT2D eigenvalue weighted by molar-refractivity contribution is -0.306. The molecule has 0 radical (unpaired) electrons. The zero-order chi connectivity index (χ0) is 18.5. The van der Waals surface area contributed by atoms with E-state index >= 15 is 0 Å². The molecule has 0 aromatic heterocycles. The lowest BCUT2D eigenvalue weighted by Gasteiger charge is -2.50. The summed E-state index contributed by atoms with van der Waals surface area (Å²) in [7, 11) is 0. The highest BCUT2D eigenvalue weighted by atomic mass is 16.7. The van der Waals surface area contributed by atoms with Gasteiger partial charge in [0.2, 0.25) is 0 Å². The van der Waals surface area contributed by atoms with Crippen LogP contribution in [0.3, 0.4) is 0 Å². The van der Waals surface area contributed by atoms with Crippen LogP contribution >= 0.6 is 0 Å². The second-order valence-electron chi connectivity index (χ2n) is 7.20. The van der Waals surface area contributed by atoms with Gasteiger partial charge in [0.1, 0.15) is 0 Å². The number of hydrogen-bond donors (Lipinski definition) is 1. The second kappa shape index (κ2) is 5.79. The summed E-state index contributed by atoms with van der Waals surface area (Å²) >= 11 is 0. The van der Waals surface area contributed by atoms with Crippen molar-refractivity contribution in [2.24, 2.45) is 5.92 Å². The number of fused-ring (bicyclic) bond motifs is 1. The van der Waals surface area contributed by atoms with E-state index in [4.69, 9.17) is 9.47 Å². The Morgan fingerprint density at radius 3 is 2.15 bits per heavy atom. The first-order valence-corrected chi connectivity index (χ1v) is 8.87. The fourth-order valence-electron chi connectivity index (χ4n) is 4.10. The summed E-state index contributed by atoms with van der Waals surface area (Å²) in [5.74, 6) is -2.53. The molecular formula is C22H22O4. The van der Waals surface area contributed by atoms with Gasteiger partial charge in [-0.1, -0.05) is 67.6 Å². The molecule has 26 heavy (non-hydrogen) atoms. The van der Waals surface area contributed by atoms with Gasteiger partial charge in [-0.25, -0.2) is 4.79 Å². The summed E-state index contributed by atoms with van der Waals surface area (Å²) in [6, 6.07) is 18.8. The van der Waals surface area contributed by atoms with Gasteiger partial charge in [0.05, 0.1) is 11.7 Å². The Bertz CT molecular complexity index is 874. The molecule has 1 saturated heterocycles. The quantitative estimate of drug-likeness (QED) is 0.840. The number of ether oxygens (including phenoxy) is 2. The fourth-order valence-corrected chi connectivity index (χ4v) is 4.10. The number of carbonyl (C=O) groups excluding carboxylic acids is 1. The highest BCUT2D eigenvalue weighted by molar-refractivity contribution is 6.20. The molecule has 2 aromatic carbocycles. The highest BCUT2D eigenvalue weighted by Crippen LogP contribution is 2.55. The molecule has 1 N–H and O–H groups in total. The predicted molar refractivity (Wildman–Crippen MR) is 97.9 cm³/mol. The normalized spacial score (nSPS) is 33.8. The Labute approximate surface area is 153 Å². The summed E-state index contributed by atoms with van der Waals surface area (Å²) in [5, 5.41) is 11.6. The van der Waals surface area contributed by atoms with Gasteiger partial charge in [0.25, 0.3) is 5.79 Å². The van der Waals surface area contributed by atoms with Gasteiger partial charge < -0.3 is 14.6 Å². The molecule has 0 saturated carbocycles. The van der Waals surface area contributed by atoms with Crippen LogP contribution < -0.4 is 0 Å². The molecule has 0 aliphatic carbocycles. The van der Waals surface area contributed by atoms with Crippen LogP contribution in [0.15, 0.2) is 66.2 Å². The van der Waals surface area contributed by atoms with Crippen LogP contribution in [0.1, 0.15) is 31.9 Å². The van der Waals surface area contributed by atoms with Gasteiger partial charge in [0, 0.05) is 11.5 Å². The number of aliphatic hydroxyl groups is 1. The van der Waals surface area contributed by atoms with Crippen LogP contribution in [-0.4, -0.2) is 23.0 Å². The Morgan fingerprint density at radius 2 is 1.54 bits per heavy atom. The molecule has 0 spiro atoms. The molecule has 0 unspecified atom stereocenters. The van der Waals surface area contributed by atoms with Crippen molar-refractivity contribution >= 4 is 11.5 Å². The SMILES string of the molecule is C[C@@H]1O[C@](C)(c2ccccc2)[C@]2(O)OC(=O)C(c3ccccc3)=C2[C@H]1C. The Hall–Kier alpha value is -2.43. The number of esters is 1. The molecule has 2 aromatic rings. The smallest absolute Gasteiger partial charge is 0.341 e. The summed E-state index contributed by atoms with van der Waals surface area (Å²) in [4.78, 5) is 12.8. The third-order valence-corrected chi connectivity index (χ3v) is 5.69. The average molecular weight is 350 g/mol. The molecule has 2 aliphatic rings. The lowest BCUT2D eigenvalue weighted by Crippen LogP contribution is -2.60. The molecule has 1 fully saturated rings. The molecule has 4 rings (SSSR count). The zero-order valence-electron chi connectivity index (χ0n) is 15.1. The highest BCUT2D eigenvalue weighted by Gasteiger charge is 2.65. The minimum Gasteiger partial charge on any atom is -0.422 e. The summed E-state index contributed by atoms with van der Waals surface area (Å²) in [5.41, 5.74) is 1.36. The Balaban J connectivity index is 1.97. The zero-order valence-corrected chi connectivity index (χ0v) is 15.1. The molecular weight excluding hydrogens is 328 g/mol. The van der Waals surface area contributed by atoms with Gasteiger partial charge >= 0.3 is 5.97 Å². The third-order valence-electron chi connectivity index (χ3n) is 5.69. The molecule has 2 aliphatic heterocycles. The Morgan fingerprint density at radius 1 is 0.962 bits per heavy atom. The van der Waals surface area contributed by atoms with Crippen molar-refractivity contribution in [3.63, 3.8) is 0 Å². The maximum absolute atomic E-state index is 12.8. The number of hydrogen-bond acceptors (Lipinski definition) is 4. The van der Waals surface area contributed by atoms with Crippen molar-refractivity contribution in [2.45, 2.75) is 38.3 Å². The maximum Gasteiger partial charge on any atom is 0.341 e. The first kappa shape index (κ1) is 17.0. The van der Waals surface area contributed by atoms with E-state index in [0.717, 1.165) is 11.1 Å². The van der Waals surface area contributed by atoms with Gasteiger partial charge in [0.15, 0.2) is 5.60 Å². The summed E-state index contributed by atoms with van der Waals surface area (Å²) < 4.78 is 11.9. The largest absolute Gasteiger partial charge is 0.422 e. The average Bonchev–Trinajstić information content (AvgIpc) is 2.93. The van der Waals surface area contributed by atoms with Crippen molar-refractivity contribution in [3.8, 4) is 0 Å². The minimum atomic E-state index is -1.84. The van der Waals surface area contributed by atoms with Crippen molar-refractivity contribution in [1.29, 1.82) is 0 Å². The van der Waals surface area contributed by atoms with E-state index in [2.05, 4.69) is 0 Å².